The van der Waals surface area contributed by atoms with Crippen LogP contribution in [0.2, 0.25) is 0 Å². The topological polar surface area (TPSA) is 75.9 Å². The summed E-state index contributed by atoms with van der Waals surface area (Å²) in [6, 6.07) is 3.81. The highest BCUT2D eigenvalue weighted by molar-refractivity contribution is 5.78. The molecule has 0 fully saturated rings. The van der Waals surface area contributed by atoms with E-state index < -0.39 is 0 Å². The standard InChI is InChI=1S/C20H26N6O/c27-19(11-16-5-2-1-3-6-16)25-13-17(12-23-20-21-8-4-9-22-20)14-26-18(15-25)7-10-24-26/h4-5,7-10,17H,1-3,6,11-15H2,(H,21,22,23)/t17-/m1/s1. The van der Waals surface area contributed by atoms with Gasteiger partial charge in [-0.25, -0.2) is 9.97 Å². The van der Waals surface area contributed by atoms with Gasteiger partial charge in [0.1, 0.15) is 0 Å². The fraction of sp³-hybridized carbons (Fsp3) is 0.500. The lowest BCUT2D eigenvalue weighted by molar-refractivity contribution is -0.131. The second kappa shape index (κ2) is 8.33. The maximum Gasteiger partial charge on any atom is 0.227 e. The molecular weight excluding hydrogens is 340 g/mol. The summed E-state index contributed by atoms with van der Waals surface area (Å²) in [4.78, 5) is 23.4. The molecule has 1 aliphatic heterocycles. The van der Waals surface area contributed by atoms with Crippen molar-refractivity contribution >= 4 is 11.9 Å². The van der Waals surface area contributed by atoms with Crippen LogP contribution in [0.5, 0.6) is 0 Å². The Morgan fingerprint density at radius 2 is 2.07 bits per heavy atom. The number of anilines is 1. The van der Waals surface area contributed by atoms with Gasteiger partial charge in [-0.15, -0.1) is 0 Å². The third-order valence-electron chi connectivity index (χ3n) is 5.30. The maximum absolute atomic E-state index is 13.0. The number of aromatic nitrogens is 4. The van der Waals surface area contributed by atoms with Crippen molar-refractivity contribution in [2.45, 2.75) is 45.2 Å². The first-order valence-corrected chi connectivity index (χ1v) is 9.75. The lowest BCUT2D eigenvalue weighted by Crippen LogP contribution is -2.36. The molecule has 2 aromatic rings. The monoisotopic (exact) mass is 366 g/mol. The summed E-state index contributed by atoms with van der Waals surface area (Å²) in [5.41, 5.74) is 2.40. The first kappa shape index (κ1) is 17.7. The zero-order chi connectivity index (χ0) is 18.5. The van der Waals surface area contributed by atoms with Gasteiger partial charge in [-0.1, -0.05) is 11.6 Å². The molecule has 0 bridgehead atoms. The quantitative estimate of drug-likeness (QED) is 0.823. The molecule has 1 amide bonds. The van der Waals surface area contributed by atoms with Crippen molar-refractivity contribution < 1.29 is 4.79 Å². The van der Waals surface area contributed by atoms with Gasteiger partial charge < -0.3 is 10.2 Å². The van der Waals surface area contributed by atoms with Gasteiger partial charge in [-0.05, 0) is 37.8 Å². The fourth-order valence-corrected chi connectivity index (χ4v) is 3.85. The van der Waals surface area contributed by atoms with Gasteiger partial charge in [0, 0.05) is 50.6 Å². The van der Waals surface area contributed by atoms with E-state index in [9.17, 15) is 4.79 Å². The van der Waals surface area contributed by atoms with Crippen molar-refractivity contribution in [2.24, 2.45) is 5.92 Å². The number of hydrogen-bond donors (Lipinski definition) is 1. The summed E-state index contributed by atoms with van der Waals surface area (Å²) in [6.45, 7) is 2.84. The Bertz CT molecular complexity index is 800. The Balaban J connectivity index is 1.44. The van der Waals surface area contributed by atoms with Crippen LogP contribution in [0.15, 0.2) is 42.4 Å². The minimum atomic E-state index is 0.221. The normalized spacial score (nSPS) is 19.8. The molecule has 142 valence electrons. The SMILES string of the molecule is O=C(CC1=CCCCC1)N1Cc2ccnn2C[C@H](CNc2ncccn2)C1. The average Bonchev–Trinajstić information content (AvgIpc) is 3.06. The molecule has 0 aromatic carbocycles. The molecule has 1 N–H and O–H groups in total. The van der Waals surface area contributed by atoms with E-state index >= 15 is 0 Å². The highest BCUT2D eigenvalue weighted by Crippen LogP contribution is 2.23. The zero-order valence-corrected chi connectivity index (χ0v) is 15.5. The van der Waals surface area contributed by atoms with Crippen LogP contribution in [-0.4, -0.2) is 43.6 Å². The average molecular weight is 366 g/mol. The van der Waals surface area contributed by atoms with E-state index in [0.29, 0.717) is 25.5 Å². The van der Waals surface area contributed by atoms with E-state index in [0.717, 1.165) is 31.6 Å². The van der Waals surface area contributed by atoms with E-state index in [1.165, 1.54) is 18.4 Å². The molecule has 1 aliphatic carbocycles. The molecule has 0 saturated heterocycles. The summed E-state index contributed by atoms with van der Waals surface area (Å²) < 4.78 is 2.02. The number of amides is 1. The molecule has 0 unspecified atom stereocenters. The molecule has 2 aliphatic rings. The van der Waals surface area contributed by atoms with Gasteiger partial charge in [-0.3, -0.25) is 9.48 Å². The molecule has 4 rings (SSSR count). The fourth-order valence-electron chi connectivity index (χ4n) is 3.85. The van der Waals surface area contributed by atoms with Crippen LogP contribution in [0, 0.1) is 5.92 Å². The third-order valence-corrected chi connectivity index (χ3v) is 5.30. The summed E-state index contributed by atoms with van der Waals surface area (Å²) in [5, 5.41) is 7.73. The Kier molecular flexibility index (Phi) is 5.46. The highest BCUT2D eigenvalue weighted by Gasteiger charge is 2.26. The van der Waals surface area contributed by atoms with Crippen molar-refractivity contribution in [2.75, 3.05) is 18.4 Å². The lowest BCUT2D eigenvalue weighted by Gasteiger charge is -2.25. The Hall–Kier alpha value is -2.70. The molecule has 7 heteroatoms. The number of rotatable bonds is 5. The predicted molar refractivity (Wildman–Crippen MR) is 103 cm³/mol. The second-order valence-electron chi connectivity index (χ2n) is 7.38. The molecule has 2 aromatic heterocycles. The van der Waals surface area contributed by atoms with Crippen LogP contribution >= 0.6 is 0 Å². The van der Waals surface area contributed by atoms with Gasteiger partial charge in [0.05, 0.1) is 12.2 Å². The first-order valence-electron chi connectivity index (χ1n) is 9.75. The number of carbonyl (C=O) groups is 1. The van der Waals surface area contributed by atoms with Crippen molar-refractivity contribution in [3.8, 4) is 0 Å². The van der Waals surface area contributed by atoms with Crippen LogP contribution < -0.4 is 5.32 Å². The molecule has 27 heavy (non-hydrogen) atoms. The summed E-state index contributed by atoms with van der Waals surface area (Å²) >= 11 is 0. The van der Waals surface area contributed by atoms with E-state index in [2.05, 4.69) is 26.5 Å². The molecule has 1 atom stereocenters. The minimum Gasteiger partial charge on any atom is -0.354 e. The van der Waals surface area contributed by atoms with Gasteiger partial charge >= 0.3 is 0 Å². The van der Waals surface area contributed by atoms with Crippen LogP contribution in [0.1, 0.15) is 37.8 Å². The first-order chi connectivity index (χ1) is 13.3. The number of nitrogens with one attached hydrogen (secondary N) is 1. The van der Waals surface area contributed by atoms with Crippen LogP contribution in [-0.2, 0) is 17.9 Å². The number of hydrogen-bond acceptors (Lipinski definition) is 5. The minimum absolute atomic E-state index is 0.221. The van der Waals surface area contributed by atoms with E-state index in [4.69, 9.17) is 0 Å². The van der Waals surface area contributed by atoms with E-state index in [1.807, 2.05) is 21.8 Å². The van der Waals surface area contributed by atoms with E-state index in [1.54, 1.807) is 18.5 Å². The molecule has 7 nitrogen and oxygen atoms in total. The van der Waals surface area contributed by atoms with Crippen LogP contribution in [0.25, 0.3) is 0 Å². The number of allylic oxidation sites excluding steroid dienone is 1. The highest BCUT2D eigenvalue weighted by atomic mass is 16.2. The lowest BCUT2D eigenvalue weighted by atomic mass is 9.96. The van der Waals surface area contributed by atoms with Crippen molar-refractivity contribution in [3.63, 3.8) is 0 Å². The second-order valence-corrected chi connectivity index (χ2v) is 7.38. The Morgan fingerprint density at radius 1 is 1.19 bits per heavy atom. The number of fused-ring (bicyclic) bond motifs is 1. The Labute approximate surface area is 159 Å². The van der Waals surface area contributed by atoms with Crippen molar-refractivity contribution in [3.05, 3.63) is 48.1 Å². The number of carbonyl (C=O) groups excluding carboxylic acids is 1. The van der Waals surface area contributed by atoms with Gasteiger partial charge in [0.25, 0.3) is 0 Å². The van der Waals surface area contributed by atoms with Crippen molar-refractivity contribution in [1.29, 1.82) is 0 Å². The maximum atomic E-state index is 13.0. The van der Waals surface area contributed by atoms with E-state index in [-0.39, 0.29) is 11.8 Å². The molecular formula is C20H26N6O. The molecule has 0 saturated carbocycles. The van der Waals surface area contributed by atoms with Crippen molar-refractivity contribution in [1.82, 2.24) is 24.6 Å². The zero-order valence-electron chi connectivity index (χ0n) is 15.5. The number of nitrogens with zero attached hydrogens (tertiary/aromatic N) is 5. The molecule has 3 heterocycles. The summed E-state index contributed by atoms with van der Waals surface area (Å²) in [7, 11) is 0. The van der Waals surface area contributed by atoms with Crippen LogP contribution in [0.3, 0.4) is 0 Å². The molecule has 0 spiro atoms. The predicted octanol–water partition coefficient (Wildman–Crippen LogP) is 2.63. The largest absolute Gasteiger partial charge is 0.354 e. The summed E-state index contributed by atoms with van der Waals surface area (Å²) in [6.07, 6.45) is 12.7. The Morgan fingerprint density at radius 3 is 2.89 bits per heavy atom. The smallest absolute Gasteiger partial charge is 0.227 e. The van der Waals surface area contributed by atoms with Gasteiger partial charge in [-0.2, -0.15) is 5.10 Å². The van der Waals surface area contributed by atoms with Gasteiger partial charge in [0.2, 0.25) is 11.9 Å². The summed E-state index contributed by atoms with van der Waals surface area (Å²) in [5.74, 6) is 1.09. The van der Waals surface area contributed by atoms with Gasteiger partial charge in [0.15, 0.2) is 0 Å². The molecule has 0 radical (unpaired) electrons. The third kappa shape index (κ3) is 4.53. The van der Waals surface area contributed by atoms with Crippen LogP contribution in [0.4, 0.5) is 5.95 Å².